The number of fused-ring (bicyclic) bond motifs is 3. The molecule has 188 valence electrons. The molecule has 3 aromatic carbocycles. The first-order chi connectivity index (χ1) is 17.5. The van der Waals surface area contributed by atoms with E-state index in [-0.39, 0.29) is 11.8 Å². The fourth-order valence-corrected chi connectivity index (χ4v) is 5.36. The second kappa shape index (κ2) is 10.9. The third-order valence-electron chi connectivity index (χ3n) is 6.92. The number of hydrogen-bond acceptors (Lipinski definition) is 5. The molecule has 1 aliphatic heterocycles. The van der Waals surface area contributed by atoms with Crippen molar-refractivity contribution < 1.29 is 24.1 Å². The van der Waals surface area contributed by atoms with Gasteiger partial charge >= 0.3 is 5.97 Å². The van der Waals surface area contributed by atoms with Gasteiger partial charge in [0.25, 0.3) is 0 Å². The topological polar surface area (TPSA) is 65.0 Å². The molecule has 6 heteroatoms. The van der Waals surface area contributed by atoms with Gasteiger partial charge in [-0.2, -0.15) is 11.8 Å². The number of thioether (sulfide) groups is 1. The largest absolute Gasteiger partial charge is 0.494 e. The van der Waals surface area contributed by atoms with Gasteiger partial charge in [-0.3, -0.25) is 4.79 Å². The van der Waals surface area contributed by atoms with Crippen LogP contribution in [0.1, 0.15) is 41.0 Å². The summed E-state index contributed by atoms with van der Waals surface area (Å²) in [5.41, 5.74) is 6.90. The van der Waals surface area contributed by atoms with Crippen molar-refractivity contribution in [1.82, 2.24) is 0 Å². The number of rotatable bonds is 10. The highest BCUT2D eigenvalue weighted by molar-refractivity contribution is 7.98. The fraction of sp³-hybridized carbons (Fsp3) is 0.367. The number of benzene rings is 3. The summed E-state index contributed by atoms with van der Waals surface area (Å²) in [6, 6.07) is 18.4. The van der Waals surface area contributed by atoms with Crippen molar-refractivity contribution in [3.8, 4) is 28.4 Å². The third-order valence-corrected chi connectivity index (χ3v) is 7.61. The van der Waals surface area contributed by atoms with Crippen LogP contribution in [0.3, 0.4) is 0 Å². The van der Waals surface area contributed by atoms with E-state index in [0.717, 1.165) is 65.6 Å². The van der Waals surface area contributed by atoms with Crippen molar-refractivity contribution in [2.75, 3.05) is 25.2 Å². The van der Waals surface area contributed by atoms with Crippen LogP contribution in [-0.2, 0) is 17.8 Å². The highest BCUT2D eigenvalue weighted by atomic mass is 32.2. The Morgan fingerprint density at radius 1 is 1.08 bits per heavy atom. The summed E-state index contributed by atoms with van der Waals surface area (Å²) in [5.74, 6) is 2.89. The van der Waals surface area contributed by atoms with Gasteiger partial charge in [0.1, 0.15) is 23.9 Å². The molecule has 2 atom stereocenters. The predicted octanol–water partition coefficient (Wildman–Crippen LogP) is 6.50. The normalized spacial score (nSPS) is 17.8. The first-order valence-electron chi connectivity index (χ1n) is 12.5. The Bertz CT molecular complexity index is 1240. The molecule has 5 nitrogen and oxygen atoms in total. The summed E-state index contributed by atoms with van der Waals surface area (Å²) < 4.78 is 18.2. The van der Waals surface area contributed by atoms with E-state index in [2.05, 4.69) is 37.4 Å². The molecule has 0 bridgehead atoms. The predicted molar refractivity (Wildman–Crippen MR) is 144 cm³/mol. The lowest BCUT2D eigenvalue weighted by molar-refractivity contribution is -0.138. The van der Waals surface area contributed by atoms with E-state index in [9.17, 15) is 4.79 Å². The molecule has 0 amide bonds. The van der Waals surface area contributed by atoms with E-state index in [0.29, 0.717) is 13.2 Å². The van der Waals surface area contributed by atoms with Crippen molar-refractivity contribution >= 4 is 17.7 Å². The second-order valence-corrected chi connectivity index (χ2v) is 10.5. The molecule has 3 aromatic rings. The van der Waals surface area contributed by atoms with Crippen molar-refractivity contribution in [3.05, 3.63) is 76.9 Å². The number of ether oxygens (including phenoxy) is 3. The highest BCUT2D eigenvalue weighted by Crippen LogP contribution is 2.47. The maximum absolute atomic E-state index is 11.1. The lowest BCUT2D eigenvalue weighted by atomic mass is 9.92. The molecular weight excluding hydrogens is 472 g/mol. The maximum Gasteiger partial charge on any atom is 0.307 e. The van der Waals surface area contributed by atoms with Crippen LogP contribution in [0.4, 0.5) is 0 Å². The summed E-state index contributed by atoms with van der Waals surface area (Å²) in [6.45, 7) is 3.96. The summed E-state index contributed by atoms with van der Waals surface area (Å²) in [5, 5.41) is 9.16. The first kappa shape index (κ1) is 24.6. The smallest absolute Gasteiger partial charge is 0.307 e. The minimum absolute atomic E-state index is 0.130. The van der Waals surface area contributed by atoms with E-state index < -0.39 is 5.97 Å². The number of hydrogen-bond donors (Lipinski definition) is 1. The molecule has 1 N–H and O–H groups in total. The summed E-state index contributed by atoms with van der Waals surface area (Å²) in [6.07, 6.45) is 4.72. The summed E-state index contributed by atoms with van der Waals surface area (Å²) >= 11 is 1.84. The highest BCUT2D eigenvalue weighted by Gasteiger charge is 2.44. The Kier molecular flexibility index (Phi) is 7.42. The van der Waals surface area contributed by atoms with Gasteiger partial charge in [0.2, 0.25) is 0 Å². The Morgan fingerprint density at radius 3 is 2.67 bits per heavy atom. The van der Waals surface area contributed by atoms with Gasteiger partial charge in [-0.05, 0) is 102 Å². The molecule has 0 saturated heterocycles. The standard InChI is InChI=1S/C30H32O5S/c1-19-14-24(33-11-3-13-36-2)16-22-10-12-34-28-9-4-20(15-27(28)29(19)22)18-35-23-7-5-21(6-8-23)25-17-26(25)30(31)32/h4-9,14-16,25-26H,3,10-13,17-18H2,1-2H3,(H,31,32)/t25-,26?/m1/s1. The zero-order valence-electron chi connectivity index (χ0n) is 20.8. The quantitative estimate of drug-likeness (QED) is 0.318. The molecular formula is C30H32O5S. The van der Waals surface area contributed by atoms with Crippen molar-refractivity contribution in [1.29, 1.82) is 0 Å². The summed E-state index contributed by atoms with van der Waals surface area (Å²) in [4.78, 5) is 11.1. The van der Waals surface area contributed by atoms with Crippen LogP contribution in [0, 0.1) is 12.8 Å². The van der Waals surface area contributed by atoms with E-state index >= 15 is 0 Å². The van der Waals surface area contributed by atoms with Crippen LogP contribution < -0.4 is 14.2 Å². The van der Waals surface area contributed by atoms with E-state index in [1.54, 1.807) is 0 Å². The second-order valence-electron chi connectivity index (χ2n) is 9.54. The fourth-order valence-electron chi connectivity index (χ4n) is 4.96. The number of aryl methyl sites for hydroxylation is 1. The minimum atomic E-state index is -0.709. The molecule has 0 spiro atoms. The number of carbonyl (C=O) groups is 1. The van der Waals surface area contributed by atoms with Crippen molar-refractivity contribution in [3.63, 3.8) is 0 Å². The zero-order chi connectivity index (χ0) is 25.1. The van der Waals surface area contributed by atoms with Crippen LogP contribution in [0.25, 0.3) is 11.1 Å². The van der Waals surface area contributed by atoms with Crippen LogP contribution in [-0.4, -0.2) is 36.3 Å². The average molecular weight is 505 g/mol. The molecule has 1 fully saturated rings. The van der Waals surface area contributed by atoms with Gasteiger partial charge in [-0.15, -0.1) is 0 Å². The molecule has 5 rings (SSSR count). The first-order valence-corrected chi connectivity index (χ1v) is 13.9. The van der Waals surface area contributed by atoms with Gasteiger partial charge in [0, 0.05) is 12.0 Å². The van der Waals surface area contributed by atoms with E-state index in [1.807, 2.05) is 42.1 Å². The summed E-state index contributed by atoms with van der Waals surface area (Å²) in [7, 11) is 0. The molecule has 2 aliphatic rings. The van der Waals surface area contributed by atoms with Crippen molar-refractivity contribution in [2.24, 2.45) is 5.92 Å². The Labute approximate surface area is 216 Å². The molecule has 1 aliphatic carbocycles. The van der Waals surface area contributed by atoms with Gasteiger partial charge in [-0.25, -0.2) is 0 Å². The Morgan fingerprint density at radius 2 is 1.92 bits per heavy atom. The number of carboxylic acid groups (broad SMARTS) is 1. The monoisotopic (exact) mass is 504 g/mol. The van der Waals surface area contributed by atoms with Crippen LogP contribution in [0.2, 0.25) is 0 Å². The van der Waals surface area contributed by atoms with Gasteiger partial charge in [-0.1, -0.05) is 18.2 Å². The Hall–Kier alpha value is -3.12. The molecule has 1 heterocycles. The average Bonchev–Trinajstić information content (AvgIpc) is 3.69. The van der Waals surface area contributed by atoms with E-state index in [1.165, 1.54) is 16.7 Å². The molecule has 36 heavy (non-hydrogen) atoms. The SMILES string of the molecule is CSCCCOc1cc(C)c2c(c1)CCOc1ccc(COc3ccc([C@H]4CC4C(=O)O)cc3)cc1-2. The lowest BCUT2D eigenvalue weighted by Gasteiger charge is -2.16. The number of carboxylic acids is 1. The Balaban J connectivity index is 1.30. The molecule has 1 unspecified atom stereocenters. The lowest BCUT2D eigenvalue weighted by Crippen LogP contribution is -2.02. The zero-order valence-corrected chi connectivity index (χ0v) is 21.6. The van der Waals surface area contributed by atoms with E-state index in [4.69, 9.17) is 19.3 Å². The maximum atomic E-state index is 11.1. The van der Waals surface area contributed by atoms with Gasteiger partial charge in [0.05, 0.1) is 19.1 Å². The van der Waals surface area contributed by atoms with Crippen LogP contribution in [0.15, 0.2) is 54.6 Å². The van der Waals surface area contributed by atoms with Gasteiger partial charge < -0.3 is 19.3 Å². The van der Waals surface area contributed by atoms with Crippen molar-refractivity contribution in [2.45, 2.75) is 38.7 Å². The van der Waals surface area contributed by atoms with Crippen LogP contribution in [0.5, 0.6) is 17.2 Å². The van der Waals surface area contributed by atoms with Gasteiger partial charge in [0.15, 0.2) is 0 Å². The molecule has 0 radical (unpaired) electrons. The number of aliphatic carboxylic acids is 1. The third kappa shape index (κ3) is 5.49. The molecule has 1 saturated carbocycles. The van der Waals surface area contributed by atoms with Crippen LogP contribution >= 0.6 is 11.8 Å². The minimum Gasteiger partial charge on any atom is -0.494 e. The molecule has 0 aromatic heterocycles.